The van der Waals surface area contributed by atoms with Gasteiger partial charge in [0.1, 0.15) is 17.9 Å². The van der Waals surface area contributed by atoms with Crippen molar-refractivity contribution in [3.63, 3.8) is 0 Å². The van der Waals surface area contributed by atoms with Crippen molar-refractivity contribution in [2.24, 2.45) is 0 Å². The summed E-state index contributed by atoms with van der Waals surface area (Å²) in [4.78, 5) is 31.7. The number of carbonyl (C=O) groups excluding carboxylic acids is 2. The molecule has 3 rings (SSSR count). The maximum absolute atomic E-state index is 12.3. The van der Waals surface area contributed by atoms with Gasteiger partial charge in [0.2, 0.25) is 11.8 Å². The minimum atomic E-state index is -0.188. The summed E-state index contributed by atoms with van der Waals surface area (Å²) in [6.45, 7) is 1.45. The second-order valence-corrected chi connectivity index (χ2v) is 6.12. The van der Waals surface area contributed by atoms with Gasteiger partial charge in [0, 0.05) is 24.2 Å². The van der Waals surface area contributed by atoms with E-state index in [-0.39, 0.29) is 18.2 Å². The zero-order valence-corrected chi connectivity index (χ0v) is 15.6. The maximum Gasteiger partial charge on any atom is 0.229 e. The molecule has 0 saturated heterocycles. The second-order valence-electron chi connectivity index (χ2n) is 6.12. The van der Waals surface area contributed by atoms with Crippen molar-refractivity contribution in [2.75, 3.05) is 17.7 Å². The summed E-state index contributed by atoms with van der Waals surface area (Å²) in [7, 11) is 1.61. The SMILES string of the molecule is COc1ccc(-c2cc(NC(=O)Cc3ccc(NC(C)=O)cc3)ncn2)cc1. The molecule has 2 aromatic carbocycles. The molecule has 0 spiro atoms. The van der Waals surface area contributed by atoms with E-state index in [1.54, 1.807) is 37.4 Å². The Morgan fingerprint density at radius 3 is 2.32 bits per heavy atom. The molecule has 28 heavy (non-hydrogen) atoms. The number of nitrogens with one attached hydrogen (secondary N) is 2. The topological polar surface area (TPSA) is 93.2 Å². The van der Waals surface area contributed by atoms with Crippen molar-refractivity contribution in [3.8, 4) is 17.0 Å². The first kappa shape index (κ1) is 19.0. The molecule has 3 aromatic rings. The van der Waals surface area contributed by atoms with E-state index in [2.05, 4.69) is 20.6 Å². The Hall–Kier alpha value is -3.74. The zero-order chi connectivity index (χ0) is 19.9. The van der Waals surface area contributed by atoms with Gasteiger partial charge in [0.05, 0.1) is 19.2 Å². The predicted octanol–water partition coefficient (Wildman–Crippen LogP) is 3.29. The Balaban J connectivity index is 1.64. The van der Waals surface area contributed by atoms with E-state index < -0.39 is 0 Å². The largest absolute Gasteiger partial charge is 0.497 e. The number of hydrogen-bond donors (Lipinski definition) is 2. The van der Waals surface area contributed by atoms with Gasteiger partial charge in [-0.05, 0) is 42.0 Å². The van der Waals surface area contributed by atoms with Gasteiger partial charge < -0.3 is 15.4 Å². The van der Waals surface area contributed by atoms with Crippen LogP contribution in [0.3, 0.4) is 0 Å². The van der Waals surface area contributed by atoms with Crippen LogP contribution in [-0.2, 0) is 16.0 Å². The smallest absolute Gasteiger partial charge is 0.229 e. The van der Waals surface area contributed by atoms with E-state index in [0.717, 1.165) is 16.9 Å². The van der Waals surface area contributed by atoms with Crippen LogP contribution in [-0.4, -0.2) is 28.9 Å². The minimum Gasteiger partial charge on any atom is -0.497 e. The van der Waals surface area contributed by atoms with E-state index in [1.165, 1.54) is 13.3 Å². The van der Waals surface area contributed by atoms with Crippen LogP contribution in [0.5, 0.6) is 5.75 Å². The van der Waals surface area contributed by atoms with Gasteiger partial charge in [0.15, 0.2) is 0 Å². The van der Waals surface area contributed by atoms with Gasteiger partial charge in [-0.3, -0.25) is 9.59 Å². The second kappa shape index (κ2) is 8.77. The first-order valence-corrected chi connectivity index (χ1v) is 8.66. The van der Waals surface area contributed by atoms with Crippen molar-refractivity contribution in [3.05, 3.63) is 66.5 Å². The van der Waals surface area contributed by atoms with E-state index in [9.17, 15) is 9.59 Å². The fraction of sp³-hybridized carbons (Fsp3) is 0.143. The molecule has 2 N–H and O–H groups in total. The van der Waals surface area contributed by atoms with Crippen LogP contribution in [0.25, 0.3) is 11.3 Å². The third-order valence-corrected chi connectivity index (χ3v) is 3.96. The van der Waals surface area contributed by atoms with Crippen LogP contribution in [0.15, 0.2) is 60.9 Å². The Labute approximate surface area is 162 Å². The average molecular weight is 376 g/mol. The zero-order valence-electron chi connectivity index (χ0n) is 15.6. The highest BCUT2D eigenvalue weighted by atomic mass is 16.5. The number of methoxy groups -OCH3 is 1. The molecule has 0 fully saturated rings. The van der Waals surface area contributed by atoms with E-state index in [0.29, 0.717) is 17.2 Å². The standard InChI is InChI=1S/C21H20N4O3/c1-14(26)24-17-7-3-15(4-8-17)11-21(27)25-20-12-19(22-13-23-20)16-5-9-18(28-2)10-6-16/h3-10,12-13H,11H2,1-2H3,(H,24,26)(H,22,23,25,27). The molecule has 1 aromatic heterocycles. The molecule has 0 aliphatic heterocycles. The lowest BCUT2D eigenvalue weighted by atomic mass is 10.1. The number of aromatic nitrogens is 2. The molecule has 2 amide bonds. The fourth-order valence-electron chi connectivity index (χ4n) is 2.63. The van der Waals surface area contributed by atoms with Crippen molar-refractivity contribution in [1.29, 1.82) is 0 Å². The third-order valence-electron chi connectivity index (χ3n) is 3.96. The van der Waals surface area contributed by atoms with E-state index in [4.69, 9.17) is 4.74 Å². The predicted molar refractivity (Wildman–Crippen MR) is 107 cm³/mol. The number of rotatable bonds is 6. The first-order valence-electron chi connectivity index (χ1n) is 8.66. The van der Waals surface area contributed by atoms with E-state index in [1.807, 2.05) is 24.3 Å². The molecule has 7 nitrogen and oxygen atoms in total. The third kappa shape index (κ3) is 5.14. The molecule has 142 valence electrons. The van der Waals surface area contributed by atoms with Gasteiger partial charge >= 0.3 is 0 Å². The van der Waals surface area contributed by atoms with Gasteiger partial charge in [-0.2, -0.15) is 0 Å². The number of benzene rings is 2. The molecule has 0 radical (unpaired) electrons. The summed E-state index contributed by atoms with van der Waals surface area (Å²) < 4.78 is 5.15. The molecule has 1 heterocycles. The Kier molecular flexibility index (Phi) is 5.96. The van der Waals surface area contributed by atoms with Crippen LogP contribution < -0.4 is 15.4 Å². The highest BCUT2D eigenvalue weighted by Gasteiger charge is 2.08. The van der Waals surface area contributed by atoms with Crippen LogP contribution in [0.2, 0.25) is 0 Å². The fourth-order valence-corrected chi connectivity index (χ4v) is 2.63. The van der Waals surface area contributed by atoms with Crippen molar-refractivity contribution in [1.82, 2.24) is 9.97 Å². The number of amides is 2. The first-order chi connectivity index (χ1) is 13.5. The summed E-state index contributed by atoms with van der Waals surface area (Å²) >= 11 is 0. The molecule has 0 atom stereocenters. The molecule has 0 aliphatic rings. The molecular weight excluding hydrogens is 356 g/mol. The lowest BCUT2D eigenvalue weighted by molar-refractivity contribution is -0.116. The Bertz CT molecular complexity index is 970. The lowest BCUT2D eigenvalue weighted by Crippen LogP contribution is -2.15. The van der Waals surface area contributed by atoms with Crippen molar-refractivity contribution < 1.29 is 14.3 Å². The lowest BCUT2D eigenvalue weighted by Gasteiger charge is -2.08. The number of carbonyl (C=O) groups is 2. The highest BCUT2D eigenvalue weighted by Crippen LogP contribution is 2.22. The molecule has 0 aliphatic carbocycles. The van der Waals surface area contributed by atoms with Gasteiger partial charge in [-0.15, -0.1) is 0 Å². The van der Waals surface area contributed by atoms with Crippen LogP contribution in [0.1, 0.15) is 12.5 Å². The molecular formula is C21H20N4O3. The highest BCUT2D eigenvalue weighted by molar-refractivity contribution is 5.92. The van der Waals surface area contributed by atoms with Gasteiger partial charge in [-0.25, -0.2) is 9.97 Å². The molecule has 0 bridgehead atoms. The van der Waals surface area contributed by atoms with Gasteiger partial charge in [-0.1, -0.05) is 12.1 Å². The summed E-state index contributed by atoms with van der Waals surface area (Å²) in [6, 6.07) is 16.3. The molecule has 0 saturated carbocycles. The summed E-state index contributed by atoms with van der Waals surface area (Å²) in [5.74, 6) is 0.866. The number of ether oxygens (including phenoxy) is 1. The number of hydrogen-bond acceptors (Lipinski definition) is 5. The van der Waals surface area contributed by atoms with Crippen LogP contribution >= 0.6 is 0 Å². The Morgan fingerprint density at radius 1 is 0.964 bits per heavy atom. The Morgan fingerprint density at radius 2 is 1.68 bits per heavy atom. The molecule has 0 unspecified atom stereocenters. The van der Waals surface area contributed by atoms with Gasteiger partial charge in [0.25, 0.3) is 0 Å². The maximum atomic E-state index is 12.3. The van der Waals surface area contributed by atoms with Crippen LogP contribution in [0, 0.1) is 0 Å². The van der Waals surface area contributed by atoms with Crippen LogP contribution in [0.4, 0.5) is 11.5 Å². The summed E-state index contributed by atoms with van der Waals surface area (Å²) in [6.07, 6.45) is 1.61. The quantitative estimate of drug-likeness (QED) is 0.689. The van der Waals surface area contributed by atoms with Crippen molar-refractivity contribution in [2.45, 2.75) is 13.3 Å². The van der Waals surface area contributed by atoms with Crippen molar-refractivity contribution >= 4 is 23.3 Å². The molecule has 7 heteroatoms. The number of nitrogens with zero attached hydrogens (tertiary/aromatic N) is 2. The van der Waals surface area contributed by atoms with E-state index >= 15 is 0 Å². The normalized spacial score (nSPS) is 10.2. The average Bonchev–Trinajstić information content (AvgIpc) is 2.69. The summed E-state index contributed by atoms with van der Waals surface area (Å²) in [5.41, 5.74) is 3.12. The monoisotopic (exact) mass is 376 g/mol. The number of anilines is 2. The summed E-state index contributed by atoms with van der Waals surface area (Å²) in [5, 5.41) is 5.48. The minimum absolute atomic E-state index is 0.137.